The van der Waals surface area contributed by atoms with Gasteiger partial charge in [-0.1, -0.05) is 66.7 Å². The lowest BCUT2D eigenvalue weighted by Gasteiger charge is -2.62. The summed E-state index contributed by atoms with van der Waals surface area (Å²) in [6, 6.07) is 31.3. The third-order valence-corrected chi connectivity index (χ3v) is 10.1. The first kappa shape index (κ1) is 22.4. The van der Waals surface area contributed by atoms with Crippen LogP contribution in [0.3, 0.4) is 0 Å². The number of fused-ring (bicyclic) bond motifs is 2. The molecule has 40 heavy (non-hydrogen) atoms. The molecule has 4 saturated carbocycles. The molecule has 5 aliphatic rings. The van der Waals surface area contributed by atoms with Crippen LogP contribution in [-0.4, -0.2) is 19.9 Å². The van der Waals surface area contributed by atoms with E-state index in [1.54, 1.807) is 6.20 Å². The van der Waals surface area contributed by atoms with E-state index in [9.17, 15) is 0 Å². The van der Waals surface area contributed by atoms with Gasteiger partial charge in [0.25, 0.3) is 0 Å². The zero-order chi connectivity index (χ0) is 26.3. The van der Waals surface area contributed by atoms with Crippen LogP contribution in [0.4, 0.5) is 0 Å². The van der Waals surface area contributed by atoms with Crippen molar-refractivity contribution < 1.29 is 4.74 Å². The van der Waals surface area contributed by atoms with Crippen LogP contribution < -0.4 is 4.74 Å². The van der Waals surface area contributed by atoms with Gasteiger partial charge in [0.05, 0.1) is 0 Å². The van der Waals surface area contributed by atoms with E-state index in [1.165, 1.54) is 43.2 Å². The summed E-state index contributed by atoms with van der Waals surface area (Å²) in [5, 5.41) is 0. The summed E-state index contributed by atoms with van der Waals surface area (Å²) in [6.45, 7) is 0. The van der Waals surface area contributed by atoms with Crippen molar-refractivity contribution in [1.29, 1.82) is 0 Å². The van der Waals surface area contributed by atoms with Gasteiger partial charge >= 0.3 is 0 Å². The lowest BCUT2D eigenvalue weighted by molar-refractivity contribution is -0.0483. The molecule has 4 aliphatic carbocycles. The molecule has 1 aliphatic heterocycles. The number of para-hydroxylation sites is 1. The van der Waals surface area contributed by atoms with Gasteiger partial charge < -0.3 is 4.74 Å². The van der Waals surface area contributed by atoms with Crippen molar-refractivity contribution in [3.63, 3.8) is 0 Å². The Labute approximate surface area is 233 Å². The van der Waals surface area contributed by atoms with Crippen LogP contribution in [0, 0.1) is 17.3 Å². The maximum absolute atomic E-state index is 6.68. The largest absolute Gasteiger partial charge is 0.457 e. The van der Waals surface area contributed by atoms with Gasteiger partial charge in [-0.25, -0.2) is 15.0 Å². The molecule has 10 rings (SSSR count). The number of ether oxygens (including phenoxy) is 1. The molecule has 3 bridgehead atoms. The van der Waals surface area contributed by atoms with Crippen LogP contribution >= 0.6 is 0 Å². The fraction of sp³-hybridized carbons (Fsp3) is 0.257. The van der Waals surface area contributed by atoms with Crippen molar-refractivity contribution in [1.82, 2.24) is 19.9 Å². The molecule has 0 N–H and O–H groups in total. The van der Waals surface area contributed by atoms with Gasteiger partial charge in [-0.15, -0.1) is 0 Å². The Kier molecular flexibility index (Phi) is 4.53. The fourth-order valence-electron chi connectivity index (χ4n) is 8.57. The van der Waals surface area contributed by atoms with Crippen molar-refractivity contribution >= 4 is 0 Å². The third-order valence-electron chi connectivity index (χ3n) is 10.1. The first-order valence-electron chi connectivity index (χ1n) is 14.4. The standard InChI is InChI=1S/C35H28N4O/c1-2-8-22(9-3-1)31-37-32(39-33(38-31)28-11-6-7-17-36-28)23-13-14-27-30(18-23)40-29-12-5-4-10-26(29)35(27)24-15-16-34(19-24)20-25(35)21-34/h1-14,17-18,24-25H,15-16,19-21H2/t24-,25?,34?,35?/m0/s1. The number of hydrogen-bond acceptors (Lipinski definition) is 5. The van der Waals surface area contributed by atoms with Gasteiger partial charge in [0.15, 0.2) is 17.5 Å². The minimum Gasteiger partial charge on any atom is -0.457 e. The summed E-state index contributed by atoms with van der Waals surface area (Å²) in [4.78, 5) is 19.2. The Morgan fingerprint density at radius 2 is 1.35 bits per heavy atom. The van der Waals surface area contributed by atoms with E-state index in [0.29, 0.717) is 34.7 Å². The molecular weight excluding hydrogens is 492 g/mol. The molecule has 3 heterocycles. The Morgan fingerprint density at radius 1 is 0.625 bits per heavy atom. The predicted molar refractivity (Wildman–Crippen MR) is 154 cm³/mol. The average molecular weight is 521 g/mol. The summed E-state index contributed by atoms with van der Waals surface area (Å²) in [7, 11) is 0. The number of rotatable bonds is 3. The normalized spacial score (nSPS) is 26.9. The van der Waals surface area contributed by atoms with Gasteiger partial charge in [0, 0.05) is 33.9 Å². The second-order valence-electron chi connectivity index (χ2n) is 12.1. The lowest BCUT2D eigenvalue weighted by Crippen LogP contribution is -2.56. The van der Waals surface area contributed by atoms with E-state index in [0.717, 1.165) is 28.3 Å². The predicted octanol–water partition coefficient (Wildman–Crippen LogP) is 7.87. The van der Waals surface area contributed by atoms with Gasteiger partial charge in [0.2, 0.25) is 0 Å². The molecule has 5 aromatic rings. The van der Waals surface area contributed by atoms with E-state index >= 15 is 0 Å². The summed E-state index contributed by atoms with van der Waals surface area (Å²) in [6.07, 6.45) is 8.51. The van der Waals surface area contributed by atoms with Crippen molar-refractivity contribution in [3.8, 4) is 45.8 Å². The van der Waals surface area contributed by atoms with Crippen LogP contribution in [0.5, 0.6) is 11.5 Å². The minimum atomic E-state index is 0.0361. The summed E-state index contributed by atoms with van der Waals surface area (Å²) in [5.41, 5.74) is 6.00. The molecule has 2 atom stereocenters. The molecule has 5 heteroatoms. The highest BCUT2D eigenvalue weighted by Gasteiger charge is 2.68. The second-order valence-corrected chi connectivity index (χ2v) is 12.1. The Morgan fingerprint density at radius 3 is 2.20 bits per heavy atom. The van der Waals surface area contributed by atoms with Crippen molar-refractivity contribution in [2.75, 3.05) is 0 Å². The molecule has 2 spiro atoms. The second kappa shape index (κ2) is 8.07. The highest BCUT2D eigenvalue weighted by Crippen LogP contribution is 2.76. The topological polar surface area (TPSA) is 60.8 Å². The van der Waals surface area contributed by atoms with Crippen molar-refractivity contribution in [3.05, 3.63) is 108 Å². The zero-order valence-electron chi connectivity index (χ0n) is 22.1. The number of hydrogen-bond donors (Lipinski definition) is 0. The van der Waals surface area contributed by atoms with E-state index in [4.69, 9.17) is 19.7 Å². The molecule has 3 aromatic carbocycles. The maximum atomic E-state index is 6.68. The molecule has 194 valence electrons. The van der Waals surface area contributed by atoms with E-state index in [-0.39, 0.29) is 5.41 Å². The minimum absolute atomic E-state index is 0.0361. The quantitative estimate of drug-likeness (QED) is 0.242. The van der Waals surface area contributed by atoms with Crippen molar-refractivity contribution in [2.24, 2.45) is 17.3 Å². The van der Waals surface area contributed by atoms with Crippen LogP contribution in [0.25, 0.3) is 34.3 Å². The Bertz CT molecular complexity index is 1720. The molecule has 0 saturated heterocycles. The van der Waals surface area contributed by atoms with Crippen LogP contribution in [-0.2, 0) is 5.41 Å². The van der Waals surface area contributed by atoms with Crippen molar-refractivity contribution in [2.45, 2.75) is 37.5 Å². The van der Waals surface area contributed by atoms with Crippen LogP contribution in [0.1, 0.15) is 43.2 Å². The molecule has 4 fully saturated rings. The number of benzene rings is 3. The first-order valence-corrected chi connectivity index (χ1v) is 14.4. The average Bonchev–Trinajstić information content (AvgIpc) is 3.36. The maximum Gasteiger partial charge on any atom is 0.182 e. The molecule has 0 radical (unpaired) electrons. The number of pyridine rings is 1. The summed E-state index contributed by atoms with van der Waals surface area (Å²) < 4.78 is 6.68. The SMILES string of the molecule is c1ccc(-c2nc(-c3ccc4c(c3)Oc3ccccc3C43C4CC5(CC[C@H]3C5)C4)nc(-c3ccccn3)n2)cc1. The summed E-state index contributed by atoms with van der Waals surface area (Å²) in [5.74, 6) is 5.13. The van der Waals surface area contributed by atoms with Gasteiger partial charge in [0.1, 0.15) is 17.2 Å². The van der Waals surface area contributed by atoms with Gasteiger partial charge in [-0.05, 0) is 73.6 Å². The summed E-state index contributed by atoms with van der Waals surface area (Å²) >= 11 is 0. The van der Waals surface area contributed by atoms with Gasteiger partial charge in [-0.3, -0.25) is 4.98 Å². The monoisotopic (exact) mass is 520 g/mol. The molecule has 2 aromatic heterocycles. The van der Waals surface area contributed by atoms with Crippen LogP contribution in [0.15, 0.2) is 97.2 Å². The van der Waals surface area contributed by atoms with Gasteiger partial charge in [-0.2, -0.15) is 0 Å². The lowest BCUT2D eigenvalue weighted by atomic mass is 9.42. The third kappa shape index (κ3) is 3.03. The van der Waals surface area contributed by atoms with E-state index in [2.05, 4.69) is 47.4 Å². The zero-order valence-corrected chi connectivity index (χ0v) is 22.1. The van der Waals surface area contributed by atoms with E-state index < -0.39 is 0 Å². The van der Waals surface area contributed by atoms with E-state index in [1.807, 2.05) is 48.5 Å². The molecule has 1 unspecified atom stereocenters. The Balaban J connectivity index is 1.22. The van der Waals surface area contributed by atoms with Crippen LogP contribution in [0.2, 0.25) is 0 Å². The molecule has 5 nitrogen and oxygen atoms in total. The smallest absolute Gasteiger partial charge is 0.182 e. The number of nitrogens with zero attached hydrogens (tertiary/aromatic N) is 4. The Hall–Kier alpha value is -4.38. The highest BCUT2D eigenvalue weighted by atomic mass is 16.5. The fourth-order valence-corrected chi connectivity index (χ4v) is 8.57. The molecular formula is C35H28N4O. The highest BCUT2D eigenvalue weighted by molar-refractivity contribution is 5.69. The number of aromatic nitrogens is 4. The molecule has 0 amide bonds. The first-order chi connectivity index (χ1) is 19.7.